The first kappa shape index (κ1) is 15.0. The van der Waals surface area contributed by atoms with Crippen molar-refractivity contribution in [3.63, 3.8) is 0 Å². The molecule has 3 rings (SSSR count). The Hall–Kier alpha value is -2.90. The maximum Gasteiger partial charge on any atom is 0.257 e. The summed E-state index contributed by atoms with van der Waals surface area (Å²) in [5, 5.41) is 4.86. The largest absolute Gasteiger partial charge is 0.322 e. The van der Waals surface area contributed by atoms with Crippen LogP contribution in [0.3, 0.4) is 0 Å². The number of aryl methyl sites for hydroxylation is 1. The van der Waals surface area contributed by atoms with Crippen LogP contribution in [-0.2, 0) is 0 Å². The van der Waals surface area contributed by atoms with Gasteiger partial charge in [0.05, 0.1) is 10.4 Å². The first-order valence-electron chi connectivity index (χ1n) is 7.10. The van der Waals surface area contributed by atoms with E-state index in [-0.39, 0.29) is 5.91 Å². The molecule has 2 heterocycles. The Morgan fingerprint density at radius 3 is 2.78 bits per heavy atom. The van der Waals surface area contributed by atoms with E-state index in [1.165, 1.54) is 0 Å². The number of nitrogens with zero attached hydrogens (tertiary/aromatic N) is 1. The number of nitrogens with one attached hydrogen (secondary N) is 1. The lowest BCUT2D eigenvalue weighted by Crippen LogP contribution is -2.12. The third-order valence-corrected chi connectivity index (χ3v) is 3.93. The van der Waals surface area contributed by atoms with Gasteiger partial charge in [-0.3, -0.25) is 9.78 Å². The van der Waals surface area contributed by atoms with Crippen molar-refractivity contribution in [3.8, 4) is 11.8 Å². The topological polar surface area (TPSA) is 42.0 Å². The van der Waals surface area contributed by atoms with Gasteiger partial charge in [-0.25, -0.2) is 0 Å². The van der Waals surface area contributed by atoms with Crippen molar-refractivity contribution in [3.05, 3.63) is 81.8 Å². The van der Waals surface area contributed by atoms with Crippen molar-refractivity contribution < 1.29 is 4.79 Å². The molecule has 0 radical (unpaired) electrons. The Kier molecular flexibility index (Phi) is 4.51. The van der Waals surface area contributed by atoms with Gasteiger partial charge >= 0.3 is 0 Å². The number of anilines is 1. The van der Waals surface area contributed by atoms with E-state index < -0.39 is 0 Å². The molecule has 0 aliphatic carbocycles. The van der Waals surface area contributed by atoms with Crippen LogP contribution in [0.25, 0.3) is 0 Å². The monoisotopic (exact) mass is 318 g/mol. The number of rotatable bonds is 2. The summed E-state index contributed by atoms with van der Waals surface area (Å²) >= 11 is 1.61. The summed E-state index contributed by atoms with van der Waals surface area (Å²) in [5.41, 5.74) is 2.99. The minimum Gasteiger partial charge on any atom is -0.322 e. The van der Waals surface area contributed by atoms with Crippen molar-refractivity contribution >= 4 is 22.9 Å². The summed E-state index contributed by atoms with van der Waals surface area (Å²) in [5.74, 6) is 6.03. The molecule has 1 aromatic carbocycles. The van der Waals surface area contributed by atoms with Crippen LogP contribution in [0.2, 0.25) is 0 Å². The highest BCUT2D eigenvalue weighted by Gasteiger charge is 2.06. The zero-order valence-corrected chi connectivity index (χ0v) is 13.4. The molecule has 0 bridgehead atoms. The first-order chi connectivity index (χ1) is 11.2. The molecule has 112 valence electrons. The van der Waals surface area contributed by atoms with Crippen LogP contribution in [0.5, 0.6) is 0 Å². The molecule has 0 unspecified atom stereocenters. The lowest BCUT2D eigenvalue weighted by molar-refractivity contribution is 0.102. The molecule has 23 heavy (non-hydrogen) atoms. The molecule has 0 aliphatic heterocycles. The van der Waals surface area contributed by atoms with Crippen LogP contribution in [0.4, 0.5) is 5.69 Å². The van der Waals surface area contributed by atoms with Crippen LogP contribution in [0, 0.1) is 18.8 Å². The van der Waals surface area contributed by atoms with Crippen LogP contribution in [0.15, 0.2) is 60.1 Å². The van der Waals surface area contributed by atoms with E-state index in [2.05, 4.69) is 22.1 Å². The molecule has 0 atom stereocenters. The normalized spacial score (nSPS) is 9.78. The molecule has 0 aliphatic rings. The van der Waals surface area contributed by atoms with Crippen LogP contribution < -0.4 is 5.32 Å². The SMILES string of the molecule is Cc1ccc(C(=O)Nc2cccc(C#Cc3cccs3)c2)cn1. The number of pyridine rings is 1. The second-order valence-corrected chi connectivity index (χ2v) is 5.90. The maximum absolute atomic E-state index is 12.2. The maximum atomic E-state index is 12.2. The number of carbonyl (C=O) groups is 1. The second kappa shape index (κ2) is 6.91. The Balaban J connectivity index is 1.75. The number of carbonyl (C=O) groups excluding carboxylic acids is 1. The minimum absolute atomic E-state index is 0.180. The first-order valence-corrected chi connectivity index (χ1v) is 7.98. The highest BCUT2D eigenvalue weighted by Crippen LogP contribution is 2.12. The minimum atomic E-state index is -0.180. The summed E-state index contributed by atoms with van der Waals surface area (Å²) in [4.78, 5) is 17.3. The van der Waals surface area contributed by atoms with E-state index in [0.29, 0.717) is 11.3 Å². The predicted molar refractivity (Wildman–Crippen MR) is 93.7 cm³/mol. The van der Waals surface area contributed by atoms with Gasteiger partial charge < -0.3 is 5.32 Å². The molecular weight excluding hydrogens is 304 g/mol. The molecule has 3 nitrogen and oxygen atoms in total. The van der Waals surface area contributed by atoms with Gasteiger partial charge in [0.15, 0.2) is 0 Å². The Morgan fingerprint density at radius 2 is 2.04 bits per heavy atom. The summed E-state index contributed by atoms with van der Waals surface area (Å²) in [6.45, 7) is 1.89. The van der Waals surface area contributed by atoms with Gasteiger partial charge in [0, 0.05) is 23.1 Å². The van der Waals surface area contributed by atoms with E-state index in [9.17, 15) is 4.79 Å². The quantitative estimate of drug-likeness (QED) is 0.723. The molecule has 0 saturated carbocycles. The van der Waals surface area contributed by atoms with Crippen LogP contribution in [-0.4, -0.2) is 10.9 Å². The van der Waals surface area contributed by atoms with E-state index in [0.717, 1.165) is 16.1 Å². The zero-order chi connectivity index (χ0) is 16.1. The standard InChI is InChI=1S/C19H14N2OS/c1-14-7-9-16(13-20-14)19(22)21-17-5-2-4-15(12-17)8-10-18-6-3-11-23-18/h2-7,9,11-13H,1H3,(H,21,22). The molecule has 0 saturated heterocycles. The number of hydrogen-bond acceptors (Lipinski definition) is 3. The summed E-state index contributed by atoms with van der Waals surface area (Å²) in [7, 11) is 0. The lowest BCUT2D eigenvalue weighted by Gasteiger charge is -2.05. The summed E-state index contributed by atoms with van der Waals surface area (Å²) < 4.78 is 0. The van der Waals surface area contributed by atoms with E-state index in [1.54, 1.807) is 23.6 Å². The van der Waals surface area contributed by atoms with Gasteiger partial charge in [0.1, 0.15) is 0 Å². The van der Waals surface area contributed by atoms with Crippen molar-refractivity contribution in [2.75, 3.05) is 5.32 Å². The smallest absolute Gasteiger partial charge is 0.257 e. The molecular formula is C19H14N2OS. The van der Waals surface area contributed by atoms with Crippen molar-refractivity contribution in [1.82, 2.24) is 4.98 Å². The average molecular weight is 318 g/mol. The fourth-order valence-electron chi connectivity index (χ4n) is 1.96. The van der Waals surface area contributed by atoms with E-state index in [4.69, 9.17) is 0 Å². The molecule has 3 aromatic rings. The van der Waals surface area contributed by atoms with E-state index >= 15 is 0 Å². The second-order valence-electron chi connectivity index (χ2n) is 4.95. The lowest BCUT2D eigenvalue weighted by atomic mass is 10.2. The zero-order valence-electron chi connectivity index (χ0n) is 12.5. The average Bonchev–Trinajstić information content (AvgIpc) is 3.07. The van der Waals surface area contributed by atoms with Gasteiger partial charge in [0.2, 0.25) is 0 Å². The van der Waals surface area contributed by atoms with E-state index in [1.807, 2.05) is 54.8 Å². The third kappa shape index (κ3) is 4.06. The van der Waals surface area contributed by atoms with Crippen molar-refractivity contribution in [2.45, 2.75) is 6.92 Å². The molecule has 1 amide bonds. The van der Waals surface area contributed by atoms with Crippen molar-refractivity contribution in [1.29, 1.82) is 0 Å². The highest BCUT2D eigenvalue weighted by atomic mass is 32.1. The molecule has 2 aromatic heterocycles. The van der Waals surface area contributed by atoms with Gasteiger partial charge in [-0.2, -0.15) is 0 Å². The highest BCUT2D eigenvalue weighted by molar-refractivity contribution is 7.10. The Labute approximate surface area is 139 Å². The Morgan fingerprint density at radius 1 is 1.13 bits per heavy atom. The molecule has 0 fully saturated rings. The van der Waals surface area contributed by atoms with Gasteiger partial charge in [0.25, 0.3) is 5.91 Å². The molecule has 0 spiro atoms. The summed E-state index contributed by atoms with van der Waals surface area (Å²) in [6.07, 6.45) is 1.57. The predicted octanol–water partition coefficient (Wildman–Crippen LogP) is 4.10. The fraction of sp³-hybridized carbons (Fsp3) is 0.0526. The van der Waals surface area contributed by atoms with Crippen LogP contribution >= 0.6 is 11.3 Å². The summed E-state index contributed by atoms with van der Waals surface area (Å²) in [6, 6.07) is 15.0. The third-order valence-electron chi connectivity index (χ3n) is 3.15. The number of thiophene rings is 1. The number of aromatic nitrogens is 1. The van der Waals surface area contributed by atoms with Crippen molar-refractivity contribution in [2.24, 2.45) is 0 Å². The number of benzene rings is 1. The number of amides is 1. The Bertz CT molecular complexity index is 872. The fourth-order valence-corrected chi connectivity index (χ4v) is 2.53. The van der Waals surface area contributed by atoms with Gasteiger partial charge in [-0.05, 0) is 48.7 Å². The number of hydrogen-bond donors (Lipinski definition) is 1. The molecule has 4 heteroatoms. The molecule has 1 N–H and O–H groups in total. The van der Waals surface area contributed by atoms with Gasteiger partial charge in [-0.1, -0.05) is 24.0 Å². The van der Waals surface area contributed by atoms with Crippen LogP contribution in [0.1, 0.15) is 26.5 Å². The van der Waals surface area contributed by atoms with Gasteiger partial charge in [-0.15, -0.1) is 11.3 Å².